The number of Topliss-reactive ketones (excluding diaryl/α,β-unsaturated/α-hetero) is 1. The van der Waals surface area contributed by atoms with Crippen LogP contribution in [0, 0.1) is 5.41 Å². The molecule has 0 aliphatic carbocycles. The van der Waals surface area contributed by atoms with Gasteiger partial charge in [0.05, 0.1) is 6.61 Å². The van der Waals surface area contributed by atoms with Gasteiger partial charge in [0.1, 0.15) is 0 Å². The molecular formula is C14H17NO3S. The van der Waals surface area contributed by atoms with Crippen molar-refractivity contribution >= 4 is 29.3 Å². The number of thioether (sulfide) groups is 1. The van der Waals surface area contributed by atoms with Gasteiger partial charge in [0.15, 0.2) is 5.78 Å². The first-order valence-electron chi connectivity index (χ1n) is 6.19. The monoisotopic (exact) mass is 279 g/mol. The highest BCUT2D eigenvalue weighted by atomic mass is 32.2. The quantitative estimate of drug-likeness (QED) is 0.899. The predicted octanol–water partition coefficient (Wildman–Crippen LogP) is 3.57. The molecule has 5 heteroatoms. The average molecular weight is 279 g/mol. The van der Waals surface area contributed by atoms with Gasteiger partial charge in [-0.15, -0.1) is 11.8 Å². The smallest absolute Gasteiger partial charge is 0.411 e. The standard InChI is InChI=1S/C14H17NO3S/c1-4-18-13(17)15-9-5-6-11-10(7-9)12(16)14(2,3)8-19-11/h5-7H,4,8H2,1-3H3,(H,15,17). The molecule has 0 bridgehead atoms. The molecule has 0 fully saturated rings. The van der Waals surface area contributed by atoms with Crippen LogP contribution in [-0.4, -0.2) is 24.2 Å². The van der Waals surface area contributed by atoms with E-state index in [2.05, 4.69) is 5.32 Å². The zero-order chi connectivity index (χ0) is 14.0. The minimum atomic E-state index is -0.502. The molecule has 0 unspecified atom stereocenters. The number of carbonyl (C=O) groups excluding carboxylic acids is 2. The van der Waals surface area contributed by atoms with Gasteiger partial charge in [-0.2, -0.15) is 0 Å². The highest BCUT2D eigenvalue weighted by Gasteiger charge is 2.34. The molecule has 1 heterocycles. The number of ether oxygens (including phenoxy) is 1. The van der Waals surface area contributed by atoms with Crippen molar-refractivity contribution < 1.29 is 14.3 Å². The van der Waals surface area contributed by atoms with Gasteiger partial charge in [0, 0.05) is 27.3 Å². The number of fused-ring (bicyclic) bond motifs is 1. The Bertz CT molecular complexity index is 525. The SMILES string of the molecule is CCOC(=O)Nc1ccc2c(c1)C(=O)C(C)(C)CS2. The molecule has 1 aromatic carbocycles. The van der Waals surface area contributed by atoms with Gasteiger partial charge < -0.3 is 4.74 Å². The van der Waals surface area contributed by atoms with Crippen LogP contribution < -0.4 is 5.32 Å². The summed E-state index contributed by atoms with van der Waals surface area (Å²) in [7, 11) is 0. The van der Waals surface area contributed by atoms with Crippen LogP contribution in [0.5, 0.6) is 0 Å². The lowest BCUT2D eigenvalue weighted by Crippen LogP contribution is -2.30. The molecule has 1 aromatic rings. The number of amides is 1. The highest BCUT2D eigenvalue weighted by Crippen LogP contribution is 2.40. The van der Waals surface area contributed by atoms with Crippen LogP contribution in [-0.2, 0) is 4.74 Å². The average Bonchev–Trinajstić information content (AvgIpc) is 2.35. The number of hydrogen-bond donors (Lipinski definition) is 1. The number of nitrogens with one attached hydrogen (secondary N) is 1. The van der Waals surface area contributed by atoms with Crippen LogP contribution in [0.2, 0.25) is 0 Å². The zero-order valence-electron chi connectivity index (χ0n) is 11.3. The molecular weight excluding hydrogens is 262 g/mol. The number of rotatable bonds is 2. The Morgan fingerprint density at radius 1 is 1.47 bits per heavy atom. The van der Waals surface area contributed by atoms with E-state index in [0.717, 1.165) is 10.6 Å². The molecule has 19 heavy (non-hydrogen) atoms. The lowest BCUT2D eigenvalue weighted by atomic mass is 9.85. The summed E-state index contributed by atoms with van der Waals surface area (Å²) in [6, 6.07) is 5.38. The fraction of sp³-hybridized carbons (Fsp3) is 0.429. The number of benzene rings is 1. The van der Waals surface area contributed by atoms with Crippen LogP contribution >= 0.6 is 11.8 Å². The lowest BCUT2D eigenvalue weighted by Gasteiger charge is -2.29. The minimum Gasteiger partial charge on any atom is -0.450 e. The summed E-state index contributed by atoms with van der Waals surface area (Å²) in [4.78, 5) is 24.7. The summed E-state index contributed by atoms with van der Waals surface area (Å²) >= 11 is 1.67. The third-order valence-corrected chi connectivity index (χ3v) is 4.48. The number of anilines is 1. The largest absolute Gasteiger partial charge is 0.450 e. The van der Waals surface area contributed by atoms with Crippen LogP contribution in [0.15, 0.2) is 23.1 Å². The number of hydrogen-bond acceptors (Lipinski definition) is 4. The van der Waals surface area contributed by atoms with Crippen molar-refractivity contribution in [1.29, 1.82) is 0 Å². The summed E-state index contributed by atoms with van der Waals surface area (Å²) in [5, 5.41) is 2.62. The first kappa shape index (κ1) is 13.9. The molecule has 0 saturated heterocycles. The van der Waals surface area contributed by atoms with E-state index in [1.807, 2.05) is 19.9 Å². The van der Waals surface area contributed by atoms with Crippen molar-refractivity contribution in [1.82, 2.24) is 0 Å². The van der Waals surface area contributed by atoms with Crippen molar-refractivity contribution in [3.8, 4) is 0 Å². The van der Waals surface area contributed by atoms with Gasteiger partial charge in [0.2, 0.25) is 0 Å². The van der Waals surface area contributed by atoms with Crippen LogP contribution in [0.3, 0.4) is 0 Å². The summed E-state index contributed by atoms with van der Waals surface area (Å²) in [5.74, 6) is 0.900. The second-order valence-electron chi connectivity index (χ2n) is 5.06. The topological polar surface area (TPSA) is 55.4 Å². The molecule has 4 nitrogen and oxygen atoms in total. The van der Waals surface area contributed by atoms with E-state index in [1.54, 1.807) is 30.8 Å². The van der Waals surface area contributed by atoms with Gasteiger partial charge in [-0.05, 0) is 25.1 Å². The molecule has 102 valence electrons. The summed E-state index contributed by atoms with van der Waals surface area (Å²) in [6.07, 6.45) is -0.502. The van der Waals surface area contributed by atoms with Crippen molar-refractivity contribution in [2.45, 2.75) is 25.7 Å². The Hall–Kier alpha value is -1.49. The molecule has 1 N–H and O–H groups in total. The summed E-state index contributed by atoms with van der Waals surface area (Å²) < 4.78 is 4.82. The maximum Gasteiger partial charge on any atom is 0.411 e. The fourth-order valence-electron chi connectivity index (χ4n) is 1.88. The maximum atomic E-state index is 12.3. The Morgan fingerprint density at radius 3 is 2.89 bits per heavy atom. The van der Waals surface area contributed by atoms with E-state index in [9.17, 15) is 9.59 Å². The molecule has 1 aliphatic rings. The van der Waals surface area contributed by atoms with Crippen LogP contribution in [0.4, 0.5) is 10.5 Å². The zero-order valence-corrected chi connectivity index (χ0v) is 12.1. The Kier molecular flexibility index (Phi) is 3.85. The second kappa shape index (κ2) is 5.25. The van der Waals surface area contributed by atoms with E-state index >= 15 is 0 Å². The van der Waals surface area contributed by atoms with Crippen LogP contribution in [0.1, 0.15) is 31.1 Å². The molecule has 0 spiro atoms. The molecule has 0 aromatic heterocycles. The van der Waals surface area contributed by atoms with E-state index < -0.39 is 6.09 Å². The van der Waals surface area contributed by atoms with Crippen molar-refractivity contribution in [3.05, 3.63) is 23.8 Å². The number of carbonyl (C=O) groups is 2. The van der Waals surface area contributed by atoms with Crippen LogP contribution in [0.25, 0.3) is 0 Å². The van der Waals surface area contributed by atoms with Gasteiger partial charge in [-0.1, -0.05) is 13.8 Å². The number of ketones is 1. The molecule has 0 saturated carbocycles. The second-order valence-corrected chi connectivity index (χ2v) is 6.08. The van der Waals surface area contributed by atoms with E-state index in [4.69, 9.17) is 4.74 Å². The van der Waals surface area contributed by atoms with Crippen molar-refractivity contribution in [3.63, 3.8) is 0 Å². The lowest BCUT2D eigenvalue weighted by molar-refractivity contribution is 0.0856. The van der Waals surface area contributed by atoms with Crippen molar-refractivity contribution in [2.75, 3.05) is 17.7 Å². The van der Waals surface area contributed by atoms with Gasteiger partial charge in [-0.25, -0.2) is 4.79 Å². The third-order valence-electron chi connectivity index (χ3n) is 2.95. The minimum absolute atomic E-state index is 0.119. The summed E-state index contributed by atoms with van der Waals surface area (Å²) in [6.45, 7) is 5.95. The highest BCUT2D eigenvalue weighted by molar-refractivity contribution is 7.99. The Morgan fingerprint density at radius 2 is 2.21 bits per heavy atom. The summed E-state index contributed by atoms with van der Waals surface area (Å²) in [5.41, 5.74) is 0.902. The van der Waals surface area contributed by atoms with E-state index in [1.165, 1.54) is 0 Å². The van der Waals surface area contributed by atoms with Crippen molar-refractivity contribution in [2.24, 2.45) is 5.41 Å². The molecule has 1 amide bonds. The Balaban J connectivity index is 2.26. The molecule has 0 radical (unpaired) electrons. The predicted molar refractivity (Wildman–Crippen MR) is 75.9 cm³/mol. The molecule has 2 rings (SSSR count). The first-order chi connectivity index (χ1) is 8.94. The molecule has 0 atom stereocenters. The van der Waals surface area contributed by atoms with E-state index in [-0.39, 0.29) is 11.2 Å². The third kappa shape index (κ3) is 2.92. The normalized spacial score (nSPS) is 16.7. The van der Waals surface area contributed by atoms with Gasteiger partial charge >= 0.3 is 6.09 Å². The molecule has 1 aliphatic heterocycles. The maximum absolute atomic E-state index is 12.3. The van der Waals surface area contributed by atoms with E-state index in [0.29, 0.717) is 17.9 Å². The van der Waals surface area contributed by atoms with Gasteiger partial charge in [0.25, 0.3) is 0 Å². The van der Waals surface area contributed by atoms with Gasteiger partial charge in [-0.3, -0.25) is 10.1 Å². The Labute approximate surface area is 116 Å². The fourth-order valence-corrected chi connectivity index (χ4v) is 3.00. The first-order valence-corrected chi connectivity index (χ1v) is 7.18.